The zero-order valence-electron chi connectivity index (χ0n) is 12.2. The summed E-state index contributed by atoms with van der Waals surface area (Å²) in [5.41, 5.74) is 1.66. The lowest BCUT2D eigenvalue weighted by molar-refractivity contribution is 0.0957. The fourth-order valence-corrected chi connectivity index (χ4v) is 3.71. The molecule has 1 atom stereocenters. The summed E-state index contributed by atoms with van der Waals surface area (Å²) in [6.07, 6.45) is 7.55. The molecular formula is C17H22ClNO2. The summed E-state index contributed by atoms with van der Waals surface area (Å²) in [5.74, 6) is 1.12. The third-order valence-corrected chi connectivity index (χ3v) is 5.13. The number of hydrogen-bond acceptors (Lipinski definition) is 2. The monoisotopic (exact) mass is 307 g/mol. The Kier molecular flexibility index (Phi) is 4.69. The highest BCUT2D eigenvalue weighted by Gasteiger charge is 2.24. The standard InChI is InChI=1S/C17H22ClNO2/c18-16(12-5-3-1-2-4-6-12)13-7-8-15-14(11-13)17(20)19-9-10-21-15/h7-8,11-12,16H,1-6,9-10H2,(H,19,20). The van der Waals surface area contributed by atoms with Gasteiger partial charge in [0.05, 0.1) is 17.5 Å². The second-order valence-corrected chi connectivity index (χ2v) is 6.48. The van der Waals surface area contributed by atoms with Gasteiger partial charge in [-0.25, -0.2) is 0 Å². The molecule has 1 aromatic rings. The van der Waals surface area contributed by atoms with Crippen LogP contribution in [0.25, 0.3) is 0 Å². The molecule has 1 amide bonds. The Balaban J connectivity index is 1.83. The van der Waals surface area contributed by atoms with Gasteiger partial charge < -0.3 is 10.1 Å². The van der Waals surface area contributed by atoms with Gasteiger partial charge in [-0.15, -0.1) is 11.6 Å². The SMILES string of the molecule is O=C1NCCOc2ccc(C(Cl)C3CCCCCC3)cc21. The minimum atomic E-state index is -0.0610. The Morgan fingerprint density at radius 2 is 1.95 bits per heavy atom. The largest absolute Gasteiger partial charge is 0.491 e. The van der Waals surface area contributed by atoms with Crippen molar-refractivity contribution in [3.05, 3.63) is 29.3 Å². The number of ether oxygens (including phenoxy) is 1. The van der Waals surface area contributed by atoms with Crippen molar-refractivity contribution >= 4 is 17.5 Å². The van der Waals surface area contributed by atoms with Crippen LogP contribution in [0.3, 0.4) is 0 Å². The van der Waals surface area contributed by atoms with E-state index in [0.29, 0.717) is 30.4 Å². The number of rotatable bonds is 2. The molecule has 114 valence electrons. The van der Waals surface area contributed by atoms with E-state index in [0.717, 1.165) is 5.56 Å². The first kappa shape index (κ1) is 14.7. The number of carbonyl (C=O) groups is 1. The average Bonchev–Trinajstić information content (AvgIpc) is 2.88. The van der Waals surface area contributed by atoms with Gasteiger partial charge in [0.1, 0.15) is 12.4 Å². The van der Waals surface area contributed by atoms with Crippen LogP contribution in [0.1, 0.15) is 59.8 Å². The Morgan fingerprint density at radius 3 is 2.71 bits per heavy atom. The highest BCUT2D eigenvalue weighted by atomic mass is 35.5. The van der Waals surface area contributed by atoms with E-state index < -0.39 is 0 Å². The molecule has 1 aliphatic heterocycles. The van der Waals surface area contributed by atoms with Crippen LogP contribution in [0, 0.1) is 5.92 Å². The molecule has 2 aliphatic rings. The third-order valence-electron chi connectivity index (χ3n) is 4.53. The van der Waals surface area contributed by atoms with Crippen LogP contribution in [0.5, 0.6) is 5.75 Å². The number of alkyl halides is 1. The fraction of sp³-hybridized carbons (Fsp3) is 0.588. The Morgan fingerprint density at radius 1 is 1.19 bits per heavy atom. The van der Waals surface area contributed by atoms with Crippen molar-refractivity contribution in [3.63, 3.8) is 0 Å². The number of halogens is 1. The van der Waals surface area contributed by atoms with Gasteiger partial charge in [0.2, 0.25) is 0 Å². The van der Waals surface area contributed by atoms with E-state index in [2.05, 4.69) is 5.32 Å². The van der Waals surface area contributed by atoms with Gasteiger partial charge in [-0.05, 0) is 36.5 Å². The number of benzene rings is 1. The Hall–Kier alpha value is -1.22. The highest BCUT2D eigenvalue weighted by Crippen LogP contribution is 2.39. The molecule has 21 heavy (non-hydrogen) atoms. The van der Waals surface area contributed by atoms with E-state index in [1.807, 2.05) is 18.2 Å². The van der Waals surface area contributed by atoms with Gasteiger partial charge in [0, 0.05) is 0 Å². The molecule has 4 heteroatoms. The predicted octanol–water partition coefficient (Wildman–Crippen LogP) is 4.06. The quantitative estimate of drug-likeness (QED) is 0.661. The maximum absolute atomic E-state index is 12.1. The van der Waals surface area contributed by atoms with Crippen LogP contribution >= 0.6 is 11.6 Å². The molecule has 1 aromatic carbocycles. The van der Waals surface area contributed by atoms with Crippen LogP contribution in [-0.4, -0.2) is 19.1 Å². The predicted molar refractivity (Wildman–Crippen MR) is 84.1 cm³/mol. The lowest BCUT2D eigenvalue weighted by atomic mass is 9.91. The lowest BCUT2D eigenvalue weighted by Crippen LogP contribution is -2.24. The molecule has 1 saturated carbocycles. The molecule has 1 aliphatic carbocycles. The van der Waals surface area contributed by atoms with Crippen molar-refractivity contribution in [2.45, 2.75) is 43.9 Å². The van der Waals surface area contributed by atoms with Crippen LogP contribution in [0.15, 0.2) is 18.2 Å². The molecule has 0 saturated heterocycles. The van der Waals surface area contributed by atoms with Crippen molar-refractivity contribution in [2.75, 3.05) is 13.2 Å². The highest BCUT2D eigenvalue weighted by molar-refractivity contribution is 6.21. The molecular weight excluding hydrogens is 286 g/mol. The smallest absolute Gasteiger partial charge is 0.255 e. The number of hydrogen-bond donors (Lipinski definition) is 1. The number of amides is 1. The van der Waals surface area contributed by atoms with E-state index in [1.54, 1.807) is 0 Å². The molecule has 0 bridgehead atoms. The molecule has 1 unspecified atom stereocenters. The summed E-state index contributed by atoms with van der Waals surface area (Å²) in [6.45, 7) is 1.07. The van der Waals surface area contributed by atoms with E-state index >= 15 is 0 Å². The molecule has 1 heterocycles. The molecule has 1 N–H and O–H groups in total. The van der Waals surface area contributed by atoms with Gasteiger partial charge >= 0.3 is 0 Å². The second-order valence-electron chi connectivity index (χ2n) is 6.01. The van der Waals surface area contributed by atoms with Gasteiger partial charge in [-0.3, -0.25) is 4.79 Å². The minimum Gasteiger partial charge on any atom is -0.491 e. The Labute approximate surface area is 131 Å². The summed E-state index contributed by atoms with van der Waals surface area (Å²) in [7, 11) is 0. The molecule has 1 fully saturated rings. The first-order valence-corrected chi connectivity index (χ1v) is 8.38. The molecule has 0 spiro atoms. The Bertz CT molecular complexity index is 510. The number of fused-ring (bicyclic) bond motifs is 1. The van der Waals surface area contributed by atoms with Crippen LogP contribution in [-0.2, 0) is 0 Å². The van der Waals surface area contributed by atoms with Crippen LogP contribution in [0.4, 0.5) is 0 Å². The minimum absolute atomic E-state index is 0.00977. The van der Waals surface area contributed by atoms with Gasteiger partial charge in [-0.2, -0.15) is 0 Å². The van der Waals surface area contributed by atoms with Crippen molar-refractivity contribution in [1.29, 1.82) is 0 Å². The maximum atomic E-state index is 12.1. The molecule has 3 rings (SSSR count). The van der Waals surface area contributed by atoms with Gasteiger partial charge in [0.15, 0.2) is 0 Å². The van der Waals surface area contributed by atoms with Gasteiger partial charge in [0.25, 0.3) is 5.91 Å². The average molecular weight is 308 g/mol. The van der Waals surface area contributed by atoms with E-state index in [-0.39, 0.29) is 11.3 Å². The van der Waals surface area contributed by atoms with Crippen molar-refractivity contribution in [2.24, 2.45) is 5.92 Å². The summed E-state index contributed by atoms with van der Waals surface area (Å²) in [4.78, 5) is 12.1. The molecule has 0 aromatic heterocycles. The topological polar surface area (TPSA) is 38.3 Å². The fourth-order valence-electron chi connectivity index (χ4n) is 3.32. The van der Waals surface area contributed by atoms with Crippen molar-refractivity contribution < 1.29 is 9.53 Å². The number of nitrogens with one attached hydrogen (secondary N) is 1. The van der Waals surface area contributed by atoms with Crippen molar-refractivity contribution in [3.8, 4) is 5.75 Å². The van der Waals surface area contributed by atoms with Crippen LogP contribution in [0.2, 0.25) is 0 Å². The summed E-state index contributed by atoms with van der Waals surface area (Å²) in [5, 5.41) is 2.84. The van der Waals surface area contributed by atoms with Crippen LogP contribution < -0.4 is 10.1 Å². The molecule has 0 radical (unpaired) electrons. The first-order valence-electron chi connectivity index (χ1n) is 7.95. The maximum Gasteiger partial charge on any atom is 0.255 e. The lowest BCUT2D eigenvalue weighted by Gasteiger charge is -2.21. The zero-order valence-corrected chi connectivity index (χ0v) is 13.0. The van der Waals surface area contributed by atoms with Crippen molar-refractivity contribution in [1.82, 2.24) is 5.32 Å². The molecule has 3 nitrogen and oxygen atoms in total. The summed E-state index contributed by atoms with van der Waals surface area (Å²) >= 11 is 6.72. The summed E-state index contributed by atoms with van der Waals surface area (Å²) < 4.78 is 5.59. The van der Waals surface area contributed by atoms with E-state index in [4.69, 9.17) is 16.3 Å². The normalized spacial score (nSPS) is 21.5. The van der Waals surface area contributed by atoms with E-state index in [1.165, 1.54) is 38.5 Å². The van der Waals surface area contributed by atoms with Gasteiger partial charge in [-0.1, -0.05) is 31.7 Å². The third kappa shape index (κ3) is 3.34. The zero-order chi connectivity index (χ0) is 14.7. The number of carbonyl (C=O) groups excluding carboxylic acids is 1. The van der Waals surface area contributed by atoms with E-state index in [9.17, 15) is 4.79 Å². The first-order chi connectivity index (χ1) is 10.3. The second kappa shape index (κ2) is 6.69. The summed E-state index contributed by atoms with van der Waals surface area (Å²) in [6, 6.07) is 5.82.